The second-order valence-corrected chi connectivity index (χ2v) is 18.2. The summed E-state index contributed by atoms with van der Waals surface area (Å²) in [6, 6.07) is 12.1. The third kappa shape index (κ3) is 8.30. The number of aromatic nitrogens is 4. The highest BCUT2D eigenvalue weighted by Gasteiger charge is 2.56. The van der Waals surface area contributed by atoms with Crippen molar-refractivity contribution in [3.05, 3.63) is 71.4 Å². The van der Waals surface area contributed by atoms with Crippen LogP contribution < -0.4 is 10.6 Å². The van der Waals surface area contributed by atoms with Crippen LogP contribution in [0.4, 0.5) is 9.59 Å². The molecule has 4 amide bonds. The predicted molar refractivity (Wildman–Crippen MR) is 225 cm³/mol. The summed E-state index contributed by atoms with van der Waals surface area (Å²) in [5, 5.41) is 5.59. The summed E-state index contributed by atoms with van der Waals surface area (Å²) < 4.78 is 15.3. The molecule has 2 spiro atoms. The molecular formula is C46H54N8O7. The van der Waals surface area contributed by atoms with Gasteiger partial charge in [-0.2, -0.15) is 0 Å². The van der Waals surface area contributed by atoms with Crippen LogP contribution in [0.15, 0.2) is 48.7 Å². The SMILES string of the molecule is COC(=O)N[C@H](C(=O)N1CC2(CC2)C[C@H]1c1nc2ccc(C#Cc3ccc(-c4cnc([C@@H]5CC6(CC6)CN5C(=O)[C@@H](NC(=O)OC)C5CCOCC5)[nH]4)cc3)cc2[nH]1)C(C)C. The number of likely N-dealkylation sites (tertiary alicyclic amines) is 2. The fraction of sp³-hybridized carbons (Fsp3) is 0.522. The Kier molecular flexibility index (Phi) is 10.8. The zero-order valence-corrected chi connectivity index (χ0v) is 35.2. The van der Waals surface area contributed by atoms with E-state index in [1.54, 1.807) is 0 Å². The molecule has 5 fully saturated rings. The van der Waals surface area contributed by atoms with Gasteiger partial charge in [0, 0.05) is 37.4 Å². The van der Waals surface area contributed by atoms with Crippen molar-refractivity contribution in [1.82, 2.24) is 40.4 Å². The fourth-order valence-electron chi connectivity index (χ4n) is 9.61. The van der Waals surface area contributed by atoms with Crippen molar-refractivity contribution in [2.75, 3.05) is 40.5 Å². The number of H-pyrrole nitrogens is 2. The predicted octanol–water partition coefficient (Wildman–Crippen LogP) is 5.99. The van der Waals surface area contributed by atoms with Gasteiger partial charge in [0.25, 0.3) is 0 Å². The van der Waals surface area contributed by atoms with E-state index in [0.717, 1.165) is 83.6 Å². The average molecular weight is 831 g/mol. The number of nitrogens with zero attached hydrogens (tertiary/aromatic N) is 4. The van der Waals surface area contributed by atoms with Crippen molar-refractivity contribution in [1.29, 1.82) is 0 Å². The first-order chi connectivity index (χ1) is 29.5. The Balaban J connectivity index is 0.886. The molecule has 2 saturated carbocycles. The summed E-state index contributed by atoms with van der Waals surface area (Å²) in [6.07, 6.45) is 7.95. The standard InChI is InChI=1S/C46H54N8O7/c1-27(2)37(51-43(57)59-3)41(55)54-26-46(17-18-46)23-36(54)40-48-32-12-9-29(21-33(32)49-40)6-5-28-7-10-30(11-8-28)34-24-47-39(50-34)35-22-45(15-16-45)25-53(35)42(56)38(52-44(58)60-4)31-13-19-61-20-14-31/h7-12,21,24,27,31,35-38H,13-20,22-23,25-26H2,1-4H3,(H,47,50)(H,48,49)(H,51,57)(H,52,58)/t35-,36-,37-,38-/m0/s1. The monoisotopic (exact) mass is 830 g/mol. The molecule has 0 unspecified atom stereocenters. The smallest absolute Gasteiger partial charge is 0.407 e. The number of carbonyl (C=O) groups is 4. The number of hydrogen-bond acceptors (Lipinski definition) is 9. The zero-order valence-electron chi connectivity index (χ0n) is 35.2. The third-order valence-corrected chi connectivity index (χ3v) is 13.6. The Labute approximate surface area is 355 Å². The van der Waals surface area contributed by atoms with Crippen molar-refractivity contribution in [3.63, 3.8) is 0 Å². The van der Waals surface area contributed by atoms with Crippen molar-refractivity contribution in [3.8, 4) is 23.1 Å². The number of alkyl carbamates (subject to hydrolysis) is 2. The van der Waals surface area contributed by atoms with E-state index in [2.05, 4.69) is 32.4 Å². The van der Waals surface area contributed by atoms with E-state index in [-0.39, 0.29) is 46.6 Å². The van der Waals surface area contributed by atoms with Gasteiger partial charge in [-0.3, -0.25) is 9.59 Å². The van der Waals surface area contributed by atoms with E-state index in [4.69, 9.17) is 24.2 Å². The summed E-state index contributed by atoms with van der Waals surface area (Å²) in [4.78, 5) is 73.2. The van der Waals surface area contributed by atoms with Crippen molar-refractivity contribution in [2.45, 2.75) is 89.4 Å². The summed E-state index contributed by atoms with van der Waals surface area (Å²) in [7, 11) is 2.62. The minimum atomic E-state index is -0.698. The molecule has 3 saturated heterocycles. The van der Waals surface area contributed by atoms with Crippen LogP contribution in [-0.4, -0.2) is 106 Å². The molecule has 0 radical (unpaired) electrons. The Hall–Kier alpha value is -5.88. The van der Waals surface area contributed by atoms with Crippen LogP contribution in [0.5, 0.6) is 0 Å². The van der Waals surface area contributed by atoms with Gasteiger partial charge in [-0.15, -0.1) is 0 Å². The van der Waals surface area contributed by atoms with E-state index >= 15 is 0 Å². The summed E-state index contributed by atoms with van der Waals surface area (Å²) in [5.41, 5.74) is 5.34. The molecule has 0 bridgehead atoms. The van der Waals surface area contributed by atoms with Crippen LogP contribution in [0.3, 0.4) is 0 Å². The Morgan fingerprint density at radius 1 is 0.803 bits per heavy atom. The molecule has 9 rings (SSSR count). The number of methoxy groups -OCH3 is 2. The second kappa shape index (κ2) is 16.2. The lowest BCUT2D eigenvalue weighted by Crippen LogP contribution is -2.53. The minimum Gasteiger partial charge on any atom is -0.453 e. The third-order valence-electron chi connectivity index (χ3n) is 13.6. The number of imidazole rings is 2. The van der Waals surface area contributed by atoms with Crippen LogP contribution >= 0.6 is 0 Å². The van der Waals surface area contributed by atoms with Gasteiger partial charge in [0.15, 0.2) is 0 Å². The molecule has 4 N–H and O–H groups in total. The van der Waals surface area contributed by atoms with Crippen LogP contribution in [0.25, 0.3) is 22.3 Å². The van der Waals surface area contributed by atoms with Gasteiger partial charge in [0.05, 0.1) is 49.2 Å². The molecule has 15 heteroatoms. The van der Waals surface area contributed by atoms with Crippen molar-refractivity contribution < 1.29 is 33.4 Å². The number of aromatic amines is 2. The van der Waals surface area contributed by atoms with Gasteiger partial charge in [-0.1, -0.05) is 37.8 Å². The Bertz CT molecular complexity index is 2380. The maximum Gasteiger partial charge on any atom is 0.407 e. The fourth-order valence-corrected chi connectivity index (χ4v) is 9.61. The molecule has 3 aliphatic heterocycles. The summed E-state index contributed by atoms with van der Waals surface area (Å²) in [5.74, 6) is 7.71. The lowest BCUT2D eigenvalue weighted by atomic mass is 9.90. The van der Waals surface area contributed by atoms with Crippen LogP contribution in [0.1, 0.15) is 100 Å². The van der Waals surface area contributed by atoms with Gasteiger partial charge < -0.3 is 44.6 Å². The number of nitrogens with one attached hydrogen (secondary N) is 4. The number of carbonyl (C=O) groups excluding carboxylic acids is 4. The number of amides is 4. The lowest BCUT2D eigenvalue weighted by molar-refractivity contribution is -0.137. The Morgan fingerprint density at radius 3 is 2.05 bits per heavy atom. The first kappa shape index (κ1) is 40.5. The van der Waals surface area contributed by atoms with Crippen molar-refractivity contribution in [2.24, 2.45) is 22.7 Å². The molecule has 2 aromatic carbocycles. The molecule has 4 aromatic rings. The van der Waals surface area contributed by atoms with Crippen LogP contribution in [0.2, 0.25) is 0 Å². The first-order valence-electron chi connectivity index (χ1n) is 21.5. The lowest BCUT2D eigenvalue weighted by Gasteiger charge is -2.34. The molecule has 15 nitrogen and oxygen atoms in total. The van der Waals surface area contributed by atoms with E-state index in [0.29, 0.717) is 39.1 Å². The number of fused-ring (bicyclic) bond motifs is 1. The average Bonchev–Trinajstić information content (AvgIpc) is 3.89. The Morgan fingerprint density at radius 2 is 1.41 bits per heavy atom. The van der Waals surface area contributed by atoms with E-state index in [1.165, 1.54) is 14.2 Å². The van der Waals surface area contributed by atoms with Crippen LogP contribution in [0, 0.1) is 34.5 Å². The maximum absolute atomic E-state index is 14.3. The normalized spacial score (nSPS) is 22.2. The number of hydrogen-bond donors (Lipinski definition) is 4. The summed E-state index contributed by atoms with van der Waals surface area (Å²) >= 11 is 0. The maximum atomic E-state index is 14.3. The molecule has 320 valence electrons. The van der Waals surface area contributed by atoms with Gasteiger partial charge >= 0.3 is 12.2 Å². The summed E-state index contributed by atoms with van der Waals surface area (Å²) in [6.45, 7) is 6.25. The highest BCUT2D eigenvalue weighted by Crippen LogP contribution is 2.59. The molecule has 4 atom stereocenters. The number of ether oxygens (including phenoxy) is 3. The zero-order chi connectivity index (χ0) is 42.5. The molecule has 61 heavy (non-hydrogen) atoms. The van der Waals surface area contributed by atoms with Gasteiger partial charge in [0.2, 0.25) is 11.8 Å². The van der Waals surface area contributed by atoms with E-state index in [1.807, 2.05) is 72.3 Å². The number of rotatable bonds is 9. The van der Waals surface area contributed by atoms with E-state index < -0.39 is 24.3 Å². The second-order valence-electron chi connectivity index (χ2n) is 18.2. The van der Waals surface area contributed by atoms with Crippen LogP contribution in [-0.2, 0) is 23.8 Å². The van der Waals surface area contributed by atoms with E-state index in [9.17, 15) is 19.2 Å². The largest absolute Gasteiger partial charge is 0.453 e. The quantitative estimate of drug-likeness (QED) is 0.147. The van der Waals surface area contributed by atoms with Crippen molar-refractivity contribution >= 4 is 35.0 Å². The van der Waals surface area contributed by atoms with Gasteiger partial charge in [0.1, 0.15) is 23.7 Å². The molecule has 5 heterocycles. The molecule has 2 aromatic heterocycles. The first-order valence-corrected chi connectivity index (χ1v) is 21.5. The number of benzene rings is 2. The molecule has 2 aliphatic carbocycles. The van der Waals surface area contributed by atoms with Gasteiger partial charge in [-0.25, -0.2) is 19.6 Å². The highest BCUT2D eigenvalue weighted by atomic mass is 16.5. The highest BCUT2D eigenvalue weighted by molar-refractivity contribution is 5.88. The molecular weight excluding hydrogens is 777 g/mol. The van der Waals surface area contributed by atoms with Gasteiger partial charge in [-0.05, 0) is 110 Å². The minimum absolute atomic E-state index is 0.0314. The molecule has 5 aliphatic rings. The topological polar surface area (TPSA) is 184 Å².